The van der Waals surface area contributed by atoms with Crippen LogP contribution in [0.5, 0.6) is 11.5 Å². The van der Waals surface area contributed by atoms with Crippen LogP contribution in [-0.4, -0.2) is 85.3 Å². The molecular weight excluding hydrogens is 502 g/mol. The minimum atomic E-state index is -0.0727. The minimum absolute atomic E-state index is 0.0219. The highest BCUT2D eigenvalue weighted by Crippen LogP contribution is 2.32. The van der Waals surface area contributed by atoms with Gasteiger partial charge in [-0.1, -0.05) is 19.9 Å². The molecule has 0 bridgehead atoms. The highest BCUT2D eigenvalue weighted by atomic mass is 32.1. The van der Waals surface area contributed by atoms with E-state index in [9.17, 15) is 9.59 Å². The monoisotopic (exact) mass is 537 g/mol. The Hall–Kier alpha value is -3.66. The van der Waals surface area contributed by atoms with E-state index in [1.54, 1.807) is 19.1 Å². The van der Waals surface area contributed by atoms with E-state index in [0.29, 0.717) is 60.7 Å². The first-order valence-electron chi connectivity index (χ1n) is 12.8. The van der Waals surface area contributed by atoms with Crippen LogP contribution in [0.4, 0.5) is 5.82 Å². The third-order valence-electron chi connectivity index (χ3n) is 6.61. The summed E-state index contributed by atoms with van der Waals surface area (Å²) in [4.78, 5) is 32.5. The molecular formula is C28H35N5O4S. The van der Waals surface area contributed by atoms with Crippen molar-refractivity contribution in [3.63, 3.8) is 0 Å². The van der Waals surface area contributed by atoms with Crippen LogP contribution in [-0.2, 0) is 4.79 Å². The Kier molecular flexibility index (Phi) is 9.17. The van der Waals surface area contributed by atoms with Crippen molar-refractivity contribution in [3.05, 3.63) is 52.7 Å². The van der Waals surface area contributed by atoms with Gasteiger partial charge in [-0.25, -0.2) is 0 Å². The van der Waals surface area contributed by atoms with Crippen LogP contribution in [0.2, 0.25) is 0 Å². The lowest BCUT2D eigenvalue weighted by Gasteiger charge is -2.36. The van der Waals surface area contributed by atoms with Gasteiger partial charge in [0.15, 0.2) is 5.82 Å². The smallest absolute Gasteiger partial charge is 0.264 e. The van der Waals surface area contributed by atoms with Crippen LogP contribution in [0.25, 0.3) is 11.3 Å². The van der Waals surface area contributed by atoms with Gasteiger partial charge in [-0.2, -0.15) is 0 Å². The summed E-state index contributed by atoms with van der Waals surface area (Å²) in [5.74, 6) is 2.49. The largest absolute Gasteiger partial charge is 0.497 e. The molecule has 0 radical (unpaired) electrons. The maximum Gasteiger partial charge on any atom is 0.264 e. The highest BCUT2D eigenvalue weighted by molar-refractivity contribution is 7.12. The lowest BCUT2D eigenvalue weighted by atomic mass is 10.1. The summed E-state index contributed by atoms with van der Waals surface area (Å²) in [5.41, 5.74) is 1.54. The van der Waals surface area contributed by atoms with Gasteiger partial charge in [0.05, 0.1) is 24.8 Å². The zero-order valence-electron chi connectivity index (χ0n) is 22.4. The van der Waals surface area contributed by atoms with E-state index in [-0.39, 0.29) is 18.4 Å². The summed E-state index contributed by atoms with van der Waals surface area (Å²) in [6.45, 7) is 7.35. The number of carbonyl (C=O) groups excluding carboxylic acids is 2. The maximum absolute atomic E-state index is 13.1. The van der Waals surface area contributed by atoms with Crippen LogP contribution in [0, 0.1) is 5.92 Å². The zero-order valence-corrected chi connectivity index (χ0v) is 23.2. The number of rotatable bonds is 10. The molecule has 9 nitrogen and oxygen atoms in total. The number of benzene rings is 1. The second-order valence-electron chi connectivity index (χ2n) is 9.60. The van der Waals surface area contributed by atoms with Crippen LogP contribution < -0.4 is 14.4 Å². The van der Waals surface area contributed by atoms with E-state index in [2.05, 4.69) is 28.9 Å². The van der Waals surface area contributed by atoms with Gasteiger partial charge in [0.25, 0.3) is 5.91 Å². The average Bonchev–Trinajstić information content (AvgIpc) is 3.50. The topological polar surface area (TPSA) is 88.1 Å². The van der Waals surface area contributed by atoms with Crippen molar-refractivity contribution in [3.8, 4) is 22.8 Å². The number of amides is 2. The minimum Gasteiger partial charge on any atom is -0.497 e. The predicted octanol–water partition coefficient (Wildman–Crippen LogP) is 4.06. The number of piperazine rings is 1. The molecule has 1 fully saturated rings. The van der Waals surface area contributed by atoms with Crippen LogP contribution in [0.3, 0.4) is 0 Å². The van der Waals surface area contributed by atoms with Gasteiger partial charge < -0.3 is 24.2 Å². The second kappa shape index (κ2) is 12.7. The molecule has 1 aliphatic heterocycles. The lowest BCUT2D eigenvalue weighted by Crippen LogP contribution is -2.52. The molecule has 0 atom stereocenters. The third-order valence-corrected chi connectivity index (χ3v) is 7.47. The molecule has 0 saturated carbocycles. The number of ether oxygens (including phenoxy) is 2. The first-order valence-corrected chi connectivity index (χ1v) is 13.7. The van der Waals surface area contributed by atoms with E-state index in [4.69, 9.17) is 9.47 Å². The zero-order chi connectivity index (χ0) is 27.1. The van der Waals surface area contributed by atoms with Crippen molar-refractivity contribution >= 4 is 29.0 Å². The summed E-state index contributed by atoms with van der Waals surface area (Å²) in [6.07, 6.45) is 0.856. The van der Waals surface area contributed by atoms with Gasteiger partial charge in [-0.05, 0) is 48.1 Å². The summed E-state index contributed by atoms with van der Waals surface area (Å²) in [6, 6.07) is 13.1. The maximum atomic E-state index is 13.1. The Morgan fingerprint density at radius 2 is 1.82 bits per heavy atom. The molecule has 1 aromatic carbocycles. The molecule has 4 rings (SSSR count). The SMILES string of the molecule is COc1ccc(-c2ccc(N3CCN(C(=O)CN(CCC(C)C)C(=O)c4cccs4)CC3)nn2)c(OC)c1. The standard InChI is InChI=1S/C28H35N5O4S/c1-20(2)11-12-33(28(35)25-6-5-17-38-25)19-27(34)32-15-13-31(14-16-32)26-10-9-23(29-30-26)22-8-7-21(36-3)18-24(22)37-4/h5-10,17-18,20H,11-16,19H2,1-4H3. The van der Waals surface area contributed by atoms with Crippen molar-refractivity contribution in [2.24, 2.45) is 5.92 Å². The summed E-state index contributed by atoms with van der Waals surface area (Å²) in [5, 5.41) is 10.8. The van der Waals surface area contributed by atoms with E-state index >= 15 is 0 Å². The summed E-state index contributed by atoms with van der Waals surface area (Å²) < 4.78 is 10.8. The molecule has 0 N–H and O–H groups in total. The Morgan fingerprint density at radius 3 is 2.42 bits per heavy atom. The number of thiophene rings is 1. The number of nitrogens with zero attached hydrogens (tertiary/aromatic N) is 5. The average molecular weight is 538 g/mol. The molecule has 2 amide bonds. The van der Waals surface area contributed by atoms with Crippen LogP contribution in [0.15, 0.2) is 47.8 Å². The van der Waals surface area contributed by atoms with Gasteiger partial charge >= 0.3 is 0 Å². The van der Waals surface area contributed by atoms with E-state index in [1.165, 1.54) is 11.3 Å². The Bertz CT molecular complexity index is 1210. The van der Waals surface area contributed by atoms with Crippen molar-refractivity contribution in [1.82, 2.24) is 20.0 Å². The van der Waals surface area contributed by atoms with E-state index < -0.39 is 0 Å². The van der Waals surface area contributed by atoms with E-state index in [1.807, 2.05) is 52.7 Å². The Morgan fingerprint density at radius 1 is 1.03 bits per heavy atom. The highest BCUT2D eigenvalue weighted by Gasteiger charge is 2.26. The predicted molar refractivity (Wildman–Crippen MR) is 149 cm³/mol. The Labute approximate surface area is 228 Å². The third kappa shape index (κ3) is 6.61. The number of hydrogen-bond donors (Lipinski definition) is 0. The molecule has 2 aromatic heterocycles. The number of anilines is 1. The van der Waals surface area contributed by atoms with Gasteiger partial charge in [0, 0.05) is 44.4 Å². The first kappa shape index (κ1) is 27.4. The van der Waals surface area contributed by atoms with E-state index in [0.717, 1.165) is 17.8 Å². The molecule has 3 heterocycles. The van der Waals surface area contributed by atoms with Crippen LogP contribution in [0.1, 0.15) is 29.9 Å². The second-order valence-corrected chi connectivity index (χ2v) is 10.5. The van der Waals surface area contributed by atoms with Crippen molar-refractivity contribution in [2.45, 2.75) is 20.3 Å². The number of aromatic nitrogens is 2. The van der Waals surface area contributed by atoms with Crippen molar-refractivity contribution < 1.29 is 19.1 Å². The fraction of sp³-hybridized carbons (Fsp3) is 0.429. The fourth-order valence-electron chi connectivity index (χ4n) is 4.32. The molecule has 3 aromatic rings. The van der Waals surface area contributed by atoms with Crippen molar-refractivity contribution in [2.75, 3.05) is 58.4 Å². The molecule has 0 unspecified atom stereocenters. The first-order chi connectivity index (χ1) is 18.4. The lowest BCUT2D eigenvalue weighted by molar-refractivity contribution is -0.132. The van der Waals surface area contributed by atoms with Crippen LogP contribution >= 0.6 is 11.3 Å². The number of hydrogen-bond acceptors (Lipinski definition) is 8. The van der Waals surface area contributed by atoms with Gasteiger partial charge in [0.1, 0.15) is 18.0 Å². The summed E-state index contributed by atoms with van der Waals surface area (Å²) in [7, 11) is 3.23. The molecule has 202 valence electrons. The number of carbonyl (C=O) groups is 2. The fourth-order valence-corrected chi connectivity index (χ4v) is 5.01. The number of methoxy groups -OCH3 is 2. The normalized spacial score (nSPS) is 13.5. The molecule has 1 saturated heterocycles. The van der Waals surface area contributed by atoms with Gasteiger partial charge in [-0.15, -0.1) is 21.5 Å². The molecule has 0 spiro atoms. The molecule has 1 aliphatic rings. The van der Waals surface area contributed by atoms with Gasteiger partial charge in [0.2, 0.25) is 5.91 Å². The molecule has 10 heteroatoms. The Balaban J connectivity index is 1.35. The van der Waals surface area contributed by atoms with Crippen molar-refractivity contribution in [1.29, 1.82) is 0 Å². The molecule has 38 heavy (non-hydrogen) atoms. The summed E-state index contributed by atoms with van der Waals surface area (Å²) >= 11 is 1.41. The molecule has 0 aliphatic carbocycles. The van der Waals surface area contributed by atoms with Gasteiger partial charge in [-0.3, -0.25) is 9.59 Å². The quantitative estimate of drug-likeness (QED) is 0.385.